The molecule has 22 heavy (non-hydrogen) atoms. The molecular weight excluding hydrogens is 302 g/mol. The van der Waals surface area contributed by atoms with Crippen LogP contribution in [0.25, 0.3) is 0 Å². The number of benzene rings is 1. The van der Waals surface area contributed by atoms with Gasteiger partial charge in [-0.15, -0.1) is 0 Å². The topological polar surface area (TPSA) is 57.5 Å². The number of hydrogen-bond acceptors (Lipinski definition) is 5. The molecule has 0 bridgehead atoms. The van der Waals surface area contributed by atoms with Gasteiger partial charge in [-0.1, -0.05) is 18.3 Å². The van der Waals surface area contributed by atoms with Crippen LogP contribution in [0.5, 0.6) is 11.5 Å². The number of carbonyl (C=O) groups excluding carboxylic acids is 1. The van der Waals surface area contributed by atoms with Crippen LogP contribution < -0.4 is 14.3 Å². The molecule has 0 spiro atoms. The van der Waals surface area contributed by atoms with Gasteiger partial charge in [0.15, 0.2) is 0 Å². The summed E-state index contributed by atoms with van der Waals surface area (Å²) < 4.78 is 12.3. The van der Waals surface area contributed by atoms with Gasteiger partial charge < -0.3 is 14.0 Å². The molecule has 0 fully saturated rings. The number of carbonyl (C=O) groups is 1. The molecule has 6 heteroatoms. The van der Waals surface area contributed by atoms with Crippen molar-refractivity contribution in [3.63, 3.8) is 0 Å². The van der Waals surface area contributed by atoms with E-state index in [0.29, 0.717) is 18.9 Å². The maximum atomic E-state index is 11.8. The van der Waals surface area contributed by atoms with Gasteiger partial charge in [-0.2, -0.15) is 0 Å². The predicted octanol–water partition coefficient (Wildman–Crippen LogP) is 3.00. The van der Waals surface area contributed by atoms with Crippen molar-refractivity contribution in [2.75, 3.05) is 6.61 Å². The summed E-state index contributed by atoms with van der Waals surface area (Å²) in [5.74, 6) is 0.866. The highest BCUT2D eigenvalue weighted by molar-refractivity contribution is 7.07. The van der Waals surface area contributed by atoms with Crippen molar-refractivity contribution in [1.29, 1.82) is 0 Å². The van der Waals surface area contributed by atoms with Crippen LogP contribution in [-0.2, 0) is 11.3 Å². The Labute approximate surface area is 133 Å². The maximum Gasteiger partial charge on any atom is 0.312 e. The van der Waals surface area contributed by atoms with E-state index in [4.69, 9.17) is 9.47 Å². The fourth-order valence-corrected chi connectivity index (χ4v) is 2.65. The Morgan fingerprint density at radius 1 is 1.23 bits per heavy atom. The van der Waals surface area contributed by atoms with Crippen molar-refractivity contribution in [2.24, 2.45) is 0 Å². The van der Waals surface area contributed by atoms with E-state index in [9.17, 15) is 9.59 Å². The second-order valence-corrected chi connectivity index (χ2v) is 5.66. The second kappa shape index (κ2) is 7.79. The van der Waals surface area contributed by atoms with Crippen LogP contribution in [0.4, 0.5) is 0 Å². The van der Waals surface area contributed by atoms with Crippen LogP contribution in [0.15, 0.2) is 34.4 Å². The van der Waals surface area contributed by atoms with Gasteiger partial charge in [-0.05, 0) is 37.6 Å². The minimum absolute atomic E-state index is 0.0530. The first-order valence-corrected chi connectivity index (χ1v) is 8.06. The molecule has 2 aromatic rings. The maximum absolute atomic E-state index is 11.8. The van der Waals surface area contributed by atoms with Crippen LogP contribution in [0.1, 0.15) is 25.5 Å². The molecule has 0 atom stereocenters. The average molecular weight is 321 g/mol. The largest absolute Gasteiger partial charge is 0.494 e. The quantitative estimate of drug-likeness (QED) is 0.581. The number of aromatic nitrogens is 1. The van der Waals surface area contributed by atoms with Gasteiger partial charge in [-0.3, -0.25) is 9.59 Å². The van der Waals surface area contributed by atoms with E-state index in [1.54, 1.807) is 34.2 Å². The van der Waals surface area contributed by atoms with Crippen LogP contribution >= 0.6 is 11.3 Å². The first-order valence-electron chi connectivity index (χ1n) is 7.18. The summed E-state index contributed by atoms with van der Waals surface area (Å²) >= 11 is 1.14. The molecule has 0 amide bonds. The van der Waals surface area contributed by atoms with Crippen molar-refractivity contribution in [3.05, 3.63) is 45.0 Å². The summed E-state index contributed by atoms with van der Waals surface area (Å²) in [6.07, 6.45) is 1.10. The first-order chi connectivity index (χ1) is 10.6. The number of esters is 1. The van der Waals surface area contributed by atoms with Crippen LogP contribution in [0.2, 0.25) is 0 Å². The number of thiazole rings is 1. The Morgan fingerprint density at radius 3 is 2.50 bits per heavy atom. The number of hydrogen-bond donors (Lipinski definition) is 0. The third-order valence-corrected chi connectivity index (χ3v) is 3.93. The number of ether oxygens (including phenoxy) is 2. The van der Waals surface area contributed by atoms with E-state index >= 15 is 0 Å². The van der Waals surface area contributed by atoms with Crippen LogP contribution in [0, 0.1) is 6.92 Å². The molecule has 2 rings (SSSR count). The minimum atomic E-state index is -0.361. The fraction of sp³-hybridized carbons (Fsp3) is 0.375. The number of aryl methyl sites for hydroxylation is 1. The van der Waals surface area contributed by atoms with Gasteiger partial charge in [0.2, 0.25) is 0 Å². The lowest BCUT2D eigenvalue weighted by Crippen LogP contribution is -2.19. The van der Waals surface area contributed by atoms with Gasteiger partial charge in [0.1, 0.15) is 11.5 Å². The molecule has 0 saturated carbocycles. The average Bonchev–Trinajstić information content (AvgIpc) is 2.83. The van der Waals surface area contributed by atoms with E-state index in [0.717, 1.165) is 29.2 Å². The van der Waals surface area contributed by atoms with E-state index in [-0.39, 0.29) is 17.3 Å². The summed E-state index contributed by atoms with van der Waals surface area (Å²) in [5.41, 5.74) is 0.861. The molecular formula is C16H19NO4S. The normalized spacial score (nSPS) is 10.5. The van der Waals surface area contributed by atoms with Crippen molar-refractivity contribution >= 4 is 17.3 Å². The standard InChI is InChI=1S/C16H19NO4S/c1-3-10-20-13-4-6-14(7-5-13)21-15(18)8-9-17-12(2)11-22-16(17)19/h4-7,11H,3,8-10H2,1-2H3. The summed E-state index contributed by atoms with van der Waals surface area (Å²) in [5, 5.41) is 1.78. The van der Waals surface area contributed by atoms with Crippen molar-refractivity contribution < 1.29 is 14.3 Å². The van der Waals surface area contributed by atoms with Gasteiger partial charge in [0, 0.05) is 17.6 Å². The first kappa shape index (κ1) is 16.3. The smallest absolute Gasteiger partial charge is 0.312 e. The summed E-state index contributed by atoms with van der Waals surface area (Å²) in [4.78, 5) is 23.3. The molecule has 0 radical (unpaired) electrons. The van der Waals surface area contributed by atoms with Gasteiger partial charge in [0.25, 0.3) is 0 Å². The highest BCUT2D eigenvalue weighted by Gasteiger charge is 2.08. The Kier molecular flexibility index (Phi) is 5.77. The molecule has 0 N–H and O–H groups in total. The Bertz CT molecular complexity index is 672. The zero-order valence-electron chi connectivity index (χ0n) is 12.7. The van der Waals surface area contributed by atoms with Gasteiger partial charge in [0.05, 0.1) is 13.0 Å². The molecule has 5 nitrogen and oxygen atoms in total. The lowest BCUT2D eigenvalue weighted by Gasteiger charge is -2.07. The third-order valence-electron chi connectivity index (χ3n) is 3.04. The molecule has 0 unspecified atom stereocenters. The van der Waals surface area contributed by atoms with Crippen molar-refractivity contribution in [2.45, 2.75) is 33.2 Å². The zero-order chi connectivity index (χ0) is 15.9. The van der Waals surface area contributed by atoms with Crippen LogP contribution in [0.3, 0.4) is 0 Å². The highest BCUT2D eigenvalue weighted by atomic mass is 32.1. The summed E-state index contributed by atoms with van der Waals surface area (Å²) in [6.45, 7) is 4.88. The summed E-state index contributed by atoms with van der Waals surface area (Å²) in [6, 6.07) is 6.94. The predicted molar refractivity (Wildman–Crippen MR) is 85.8 cm³/mol. The third kappa shape index (κ3) is 4.46. The molecule has 118 valence electrons. The molecule has 1 aromatic heterocycles. The SMILES string of the molecule is CCCOc1ccc(OC(=O)CCn2c(C)csc2=O)cc1. The van der Waals surface area contributed by atoms with E-state index < -0.39 is 0 Å². The fourth-order valence-electron chi connectivity index (χ4n) is 1.88. The van der Waals surface area contributed by atoms with Gasteiger partial charge in [-0.25, -0.2) is 0 Å². The lowest BCUT2D eigenvalue weighted by atomic mass is 10.3. The zero-order valence-corrected chi connectivity index (χ0v) is 13.5. The van der Waals surface area contributed by atoms with Crippen molar-refractivity contribution in [3.8, 4) is 11.5 Å². The lowest BCUT2D eigenvalue weighted by molar-refractivity contribution is -0.134. The number of rotatable bonds is 7. The monoisotopic (exact) mass is 321 g/mol. The Morgan fingerprint density at radius 2 is 1.91 bits per heavy atom. The minimum Gasteiger partial charge on any atom is -0.494 e. The van der Waals surface area contributed by atoms with Crippen molar-refractivity contribution in [1.82, 2.24) is 4.57 Å². The molecule has 0 saturated heterocycles. The molecule has 0 aliphatic heterocycles. The van der Waals surface area contributed by atoms with E-state index in [2.05, 4.69) is 0 Å². The second-order valence-electron chi connectivity index (χ2n) is 4.84. The Hall–Kier alpha value is -2.08. The van der Waals surface area contributed by atoms with Crippen LogP contribution in [-0.4, -0.2) is 17.1 Å². The van der Waals surface area contributed by atoms with E-state index in [1.165, 1.54) is 0 Å². The summed E-state index contributed by atoms with van der Waals surface area (Å²) in [7, 11) is 0. The molecule has 0 aliphatic carbocycles. The number of nitrogens with zero attached hydrogens (tertiary/aromatic N) is 1. The van der Waals surface area contributed by atoms with Gasteiger partial charge >= 0.3 is 10.8 Å². The molecule has 1 aromatic carbocycles. The highest BCUT2D eigenvalue weighted by Crippen LogP contribution is 2.18. The van der Waals surface area contributed by atoms with E-state index in [1.807, 2.05) is 13.8 Å². The molecule has 1 heterocycles. The molecule has 0 aliphatic rings. The Balaban J connectivity index is 1.85.